The molecule has 0 bridgehead atoms. The zero-order chi connectivity index (χ0) is 15.0. The van der Waals surface area contributed by atoms with Gasteiger partial charge in [-0.05, 0) is 45.6 Å². The van der Waals surface area contributed by atoms with E-state index in [1.54, 1.807) is 6.07 Å². The standard InChI is InChI=1S/C14H7Br2NO3S/c15-7-3-4-8(9(16)6-7)12-11(14(18)19)17-13(20-12)10-2-1-5-21-10/h1-6H,(H,18,19). The van der Waals surface area contributed by atoms with Crippen LogP contribution in [0.25, 0.3) is 22.1 Å². The first-order chi connectivity index (χ1) is 10.1. The molecule has 0 fully saturated rings. The van der Waals surface area contributed by atoms with Gasteiger partial charge >= 0.3 is 5.97 Å². The monoisotopic (exact) mass is 427 g/mol. The largest absolute Gasteiger partial charge is 0.476 e. The van der Waals surface area contributed by atoms with Crippen LogP contribution in [0, 0.1) is 0 Å². The average Bonchev–Trinajstić information content (AvgIpc) is 3.07. The van der Waals surface area contributed by atoms with Crippen molar-refractivity contribution in [3.8, 4) is 22.1 Å². The molecule has 0 aliphatic carbocycles. The Labute approximate surface area is 140 Å². The topological polar surface area (TPSA) is 63.3 Å². The number of hydrogen-bond donors (Lipinski definition) is 1. The predicted octanol–water partition coefficient (Wildman–Crippen LogP) is 5.29. The van der Waals surface area contributed by atoms with Crippen LogP contribution in [0.5, 0.6) is 0 Å². The number of benzene rings is 1. The fourth-order valence-electron chi connectivity index (χ4n) is 1.83. The summed E-state index contributed by atoms with van der Waals surface area (Å²) in [4.78, 5) is 16.3. The number of carbonyl (C=O) groups is 1. The lowest BCUT2D eigenvalue weighted by atomic mass is 10.1. The van der Waals surface area contributed by atoms with Gasteiger partial charge in [-0.25, -0.2) is 9.78 Å². The van der Waals surface area contributed by atoms with Gasteiger partial charge in [0, 0.05) is 14.5 Å². The molecule has 2 heterocycles. The van der Waals surface area contributed by atoms with Crippen molar-refractivity contribution < 1.29 is 14.3 Å². The van der Waals surface area contributed by atoms with Gasteiger partial charge in [0.15, 0.2) is 11.5 Å². The molecule has 3 aromatic rings. The Balaban J connectivity index is 2.19. The lowest BCUT2D eigenvalue weighted by Gasteiger charge is -2.02. The molecule has 21 heavy (non-hydrogen) atoms. The Morgan fingerprint density at radius 3 is 2.71 bits per heavy atom. The third-order valence-corrected chi connectivity index (χ3v) is 4.74. The molecule has 106 valence electrons. The summed E-state index contributed by atoms with van der Waals surface area (Å²) in [7, 11) is 0. The van der Waals surface area contributed by atoms with Gasteiger partial charge in [-0.1, -0.05) is 22.0 Å². The summed E-state index contributed by atoms with van der Waals surface area (Å²) in [5.41, 5.74) is 0.548. The second kappa shape index (κ2) is 5.75. The normalized spacial score (nSPS) is 10.8. The lowest BCUT2D eigenvalue weighted by Crippen LogP contribution is -1.99. The Bertz CT molecular complexity index is 812. The first-order valence-corrected chi connectivity index (χ1v) is 8.26. The molecule has 0 aliphatic rings. The van der Waals surface area contributed by atoms with Crippen molar-refractivity contribution in [2.75, 3.05) is 0 Å². The van der Waals surface area contributed by atoms with E-state index in [2.05, 4.69) is 36.8 Å². The number of hydrogen-bond acceptors (Lipinski definition) is 4. The van der Waals surface area contributed by atoms with Crippen molar-refractivity contribution in [2.45, 2.75) is 0 Å². The summed E-state index contributed by atoms with van der Waals surface area (Å²) < 4.78 is 7.31. The summed E-state index contributed by atoms with van der Waals surface area (Å²) in [5.74, 6) is -0.566. The zero-order valence-electron chi connectivity index (χ0n) is 10.3. The highest BCUT2D eigenvalue weighted by atomic mass is 79.9. The highest BCUT2D eigenvalue weighted by molar-refractivity contribution is 9.11. The SMILES string of the molecule is O=C(O)c1nc(-c2cccs2)oc1-c1ccc(Br)cc1Br. The van der Waals surface area contributed by atoms with Gasteiger partial charge in [0.25, 0.3) is 0 Å². The quantitative estimate of drug-likeness (QED) is 0.615. The number of rotatable bonds is 3. The van der Waals surface area contributed by atoms with E-state index in [1.807, 2.05) is 29.6 Å². The van der Waals surface area contributed by atoms with Gasteiger partial charge in [-0.15, -0.1) is 11.3 Å². The molecule has 2 aromatic heterocycles. The summed E-state index contributed by atoms with van der Waals surface area (Å²) in [6.07, 6.45) is 0. The Kier molecular flexibility index (Phi) is 3.97. The van der Waals surface area contributed by atoms with E-state index in [-0.39, 0.29) is 11.5 Å². The lowest BCUT2D eigenvalue weighted by molar-refractivity contribution is 0.0691. The van der Waals surface area contributed by atoms with Crippen molar-refractivity contribution in [3.05, 3.63) is 50.4 Å². The molecule has 1 aromatic carbocycles. The molecule has 1 N–H and O–H groups in total. The molecule has 0 atom stereocenters. The number of carboxylic acid groups (broad SMARTS) is 1. The highest BCUT2D eigenvalue weighted by Gasteiger charge is 2.23. The minimum Gasteiger partial charge on any atom is -0.476 e. The molecule has 0 amide bonds. The van der Waals surface area contributed by atoms with Gasteiger partial charge in [0.2, 0.25) is 5.89 Å². The van der Waals surface area contributed by atoms with Crippen molar-refractivity contribution in [1.82, 2.24) is 4.98 Å². The van der Waals surface area contributed by atoms with Crippen molar-refractivity contribution >= 4 is 49.2 Å². The highest BCUT2D eigenvalue weighted by Crippen LogP contribution is 2.36. The molecular formula is C14H7Br2NO3S. The van der Waals surface area contributed by atoms with E-state index in [4.69, 9.17) is 4.42 Å². The van der Waals surface area contributed by atoms with Gasteiger partial charge in [0.05, 0.1) is 4.88 Å². The maximum absolute atomic E-state index is 11.4. The van der Waals surface area contributed by atoms with Crippen LogP contribution in [0.4, 0.5) is 0 Å². The molecule has 4 nitrogen and oxygen atoms in total. The number of thiophene rings is 1. The number of halogens is 2. The van der Waals surface area contributed by atoms with Crippen LogP contribution in [-0.2, 0) is 0 Å². The van der Waals surface area contributed by atoms with Crippen LogP contribution in [0.2, 0.25) is 0 Å². The molecule has 0 spiro atoms. The number of nitrogens with zero attached hydrogens (tertiary/aromatic N) is 1. The molecule has 0 saturated carbocycles. The zero-order valence-corrected chi connectivity index (χ0v) is 14.3. The van der Waals surface area contributed by atoms with E-state index in [0.29, 0.717) is 11.5 Å². The molecular weight excluding hydrogens is 422 g/mol. The van der Waals surface area contributed by atoms with Gasteiger partial charge in [-0.3, -0.25) is 0 Å². The van der Waals surface area contributed by atoms with Crippen LogP contribution >= 0.6 is 43.2 Å². The van der Waals surface area contributed by atoms with Crippen LogP contribution in [0.15, 0.2) is 49.1 Å². The molecule has 0 unspecified atom stereocenters. The molecule has 7 heteroatoms. The average molecular weight is 429 g/mol. The number of oxazole rings is 1. The first kappa shape index (κ1) is 14.5. The van der Waals surface area contributed by atoms with Crippen LogP contribution in [0.3, 0.4) is 0 Å². The Hall–Kier alpha value is -1.44. The van der Waals surface area contributed by atoms with Crippen LogP contribution < -0.4 is 0 Å². The number of aromatic carboxylic acids is 1. The minimum atomic E-state index is -1.12. The van der Waals surface area contributed by atoms with Crippen molar-refractivity contribution in [2.24, 2.45) is 0 Å². The number of carboxylic acids is 1. The Morgan fingerprint density at radius 1 is 1.29 bits per heavy atom. The van der Waals surface area contributed by atoms with Crippen molar-refractivity contribution in [1.29, 1.82) is 0 Å². The summed E-state index contributed by atoms with van der Waals surface area (Å²) in [6, 6.07) is 9.12. The molecule has 0 saturated heterocycles. The molecule has 3 rings (SSSR count). The Morgan fingerprint density at radius 2 is 2.10 bits per heavy atom. The van der Waals surface area contributed by atoms with Crippen LogP contribution in [-0.4, -0.2) is 16.1 Å². The second-order valence-electron chi connectivity index (χ2n) is 4.10. The van der Waals surface area contributed by atoms with E-state index < -0.39 is 5.97 Å². The maximum atomic E-state index is 11.4. The third kappa shape index (κ3) is 2.81. The minimum absolute atomic E-state index is 0.0959. The number of aromatic nitrogens is 1. The maximum Gasteiger partial charge on any atom is 0.358 e. The molecule has 0 aliphatic heterocycles. The third-order valence-electron chi connectivity index (χ3n) is 2.74. The van der Waals surface area contributed by atoms with E-state index in [0.717, 1.165) is 13.8 Å². The van der Waals surface area contributed by atoms with Crippen molar-refractivity contribution in [3.63, 3.8) is 0 Å². The van der Waals surface area contributed by atoms with E-state index in [9.17, 15) is 9.90 Å². The fraction of sp³-hybridized carbons (Fsp3) is 0. The predicted molar refractivity (Wildman–Crippen MR) is 87.6 cm³/mol. The van der Waals surface area contributed by atoms with E-state index in [1.165, 1.54) is 11.3 Å². The summed E-state index contributed by atoms with van der Waals surface area (Å²) >= 11 is 8.22. The van der Waals surface area contributed by atoms with E-state index >= 15 is 0 Å². The van der Waals surface area contributed by atoms with Gasteiger partial charge in [-0.2, -0.15) is 0 Å². The molecule has 0 radical (unpaired) electrons. The smallest absolute Gasteiger partial charge is 0.358 e. The van der Waals surface area contributed by atoms with Gasteiger partial charge < -0.3 is 9.52 Å². The summed E-state index contributed by atoms with van der Waals surface area (Å²) in [6.45, 7) is 0. The van der Waals surface area contributed by atoms with Crippen LogP contribution in [0.1, 0.15) is 10.5 Å². The van der Waals surface area contributed by atoms with Gasteiger partial charge in [0.1, 0.15) is 0 Å². The summed E-state index contributed by atoms with van der Waals surface area (Å²) in [5, 5.41) is 11.2. The fourth-order valence-corrected chi connectivity index (χ4v) is 3.70. The second-order valence-corrected chi connectivity index (χ2v) is 6.82. The first-order valence-electron chi connectivity index (χ1n) is 5.79.